The lowest BCUT2D eigenvalue weighted by atomic mass is 9.77. The maximum Gasteiger partial charge on any atom is 0.139 e. The van der Waals surface area contributed by atoms with Crippen LogP contribution in [-0.2, 0) is 6.42 Å². The van der Waals surface area contributed by atoms with E-state index in [-0.39, 0.29) is 5.82 Å². The maximum absolute atomic E-state index is 13.5. The van der Waals surface area contributed by atoms with E-state index in [2.05, 4.69) is 45.5 Å². The molecule has 1 unspecified atom stereocenters. The van der Waals surface area contributed by atoms with Gasteiger partial charge in [0.15, 0.2) is 0 Å². The van der Waals surface area contributed by atoms with Crippen molar-refractivity contribution in [3.63, 3.8) is 0 Å². The highest BCUT2D eigenvalue weighted by Crippen LogP contribution is 2.35. The van der Waals surface area contributed by atoms with Crippen LogP contribution < -0.4 is 11.1 Å². The topological polar surface area (TPSA) is 38.0 Å². The summed E-state index contributed by atoms with van der Waals surface area (Å²) in [6, 6.07) is 11.4. The Balaban J connectivity index is 1.70. The van der Waals surface area contributed by atoms with E-state index in [9.17, 15) is 4.39 Å². The Morgan fingerprint density at radius 3 is 2.89 bits per heavy atom. The number of nitrogens with two attached hydrogens (primary N) is 1. The van der Waals surface area contributed by atoms with Crippen LogP contribution >= 0.6 is 15.9 Å². The molecule has 3 rings (SSSR count). The molecule has 2 aromatic carbocycles. The van der Waals surface area contributed by atoms with Gasteiger partial charge in [-0.1, -0.05) is 24.3 Å². The number of fused-ring (bicyclic) bond motifs is 1. The molecule has 0 spiro atoms. The summed E-state index contributed by atoms with van der Waals surface area (Å²) in [5.74, 6) is 0.188. The summed E-state index contributed by atoms with van der Waals surface area (Å²) in [5, 5.41) is 3.24. The van der Waals surface area contributed by atoms with Gasteiger partial charge in [0, 0.05) is 18.5 Å². The van der Waals surface area contributed by atoms with Gasteiger partial charge in [0.1, 0.15) is 5.82 Å². The van der Waals surface area contributed by atoms with Crippen LogP contribution in [0.15, 0.2) is 40.9 Å². The summed E-state index contributed by atoms with van der Waals surface area (Å²) in [7, 11) is 0. The van der Waals surface area contributed by atoms with Crippen molar-refractivity contribution >= 4 is 27.3 Å². The van der Waals surface area contributed by atoms with Crippen molar-refractivity contribution in [3.05, 3.63) is 57.8 Å². The van der Waals surface area contributed by atoms with Crippen LogP contribution in [0.5, 0.6) is 0 Å². The van der Waals surface area contributed by atoms with E-state index in [1.165, 1.54) is 17.2 Å². The van der Waals surface area contributed by atoms with Crippen molar-refractivity contribution in [2.45, 2.75) is 12.3 Å². The second-order valence-corrected chi connectivity index (χ2v) is 5.69. The van der Waals surface area contributed by atoms with Gasteiger partial charge in [0.05, 0.1) is 15.8 Å². The number of benzene rings is 2. The number of nitrogen functional groups attached to an aromatic ring is 1. The number of rotatable bonds is 3. The average molecular weight is 321 g/mol. The van der Waals surface area contributed by atoms with Gasteiger partial charge in [0.2, 0.25) is 0 Å². The Bertz CT molecular complexity index is 628. The largest absolute Gasteiger partial charge is 0.397 e. The zero-order valence-electron chi connectivity index (χ0n) is 10.3. The third kappa shape index (κ3) is 2.32. The molecule has 0 amide bonds. The first-order valence-corrected chi connectivity index (χ1v) is 7.00. The van der Waals surface area contributed by atoms with Gasteiger partial charge in [0.25, 0.3) is 0 Å². The Hall–Kier alpha value is -1.55. The second-order valence-electron chi connectivity index (χ2n) is 4.83. The van der Waals surface area contributed by atoms with Crippen LogP contribution in [0.3, 0.4) is 0 Å². The number of halogens is 2. The molecule has 2 aromatic rings. The summed E-state index contributed by atoms with van der Waals surface area (Å²) < 4.78 is 13.9. The van der Waals surface area contributed by atoms with Gasteiger partial charge in [-0.3, -0.25) is 0 Å². The summed E-state index contributed by atoms with van der Waals surface area (Å²) in [6.07, 6.45) is 1.07. The molecule has 0 radical (unpaired) electrons. The Labute approximate surface area is 120 Å². The molecular formula is C15H14BrFN2. The molecule has 0 saturated carbocycles. The molecule has 3 N–H and O–H groups in total. The minimum absolute atomic E-state index is 0.300. The van der Waals surface area contributed by atoms with Gasteiger partial charge < -0.3 is 11.1 Å². The molecule has 4 heteroatoms. The lowest BCUT2D eigenvalue weighted by Gasteiger charge is -2.30. The molecule has 0 aliphatic heterocycles. The number of hydrogen-bond acceptors (Lipinski definition) is 2. The summed E-state index contributed by atoms with van der Waals surface area (Å²) >= 11 is 3.12. The number of hydrogen-bond donors (Lipinski definition) is 2. The first kappa shape index (κ1) is 12.5. The summed E-state index contributed by atoms with van der Waals surface area (Å²) in [6.45, 7) is 0.780. The van der Waals surface area contributed by atoms with E-state index in [0.29, 0.717) is 21.8 Å². The number of nitrogens with one attached hydrogen (secondary N) is 1. The molecule has 19 heavy (non-hydrogen) atoms. The third-order valence-corrected chi connectivity index (χ3v) is 4.20. The molecule has 1 atom stereocenters. The fourth-order valence-electron chi connectivity index (χ4n) is 2.49. The highest BCUT2D eigenvalue weighted by molar-refractivity contribution is 9.10. The summed E-state index contributed by atoms with van der Waals surface area (Å²) in [4.78, 5) is 0. The van der Waals surface area contributed by atoms with Gasteiger partial charge in [-0.15, -0.1) is 0 Å². The predicted molar refractivity (Wildman–Crippen MR) is 79.9 cm³/mol. The zero-order valence-corrected chi connectivity index (χ0v) is 11.9. The fraction of sp³-hybridized carbons (Fsp3) is 0.200. The van der Waals surface area contributed by atoms with Crippen LogP contribution in [0, 0.1) is 5.82 Å². The van der Waals surface area contributed by atoms with Crippen LogP contribution in [0.4, 0.5) is 15.8 Å². The first-order valence-electron chi connectivity index (χ1n) is 6.21. The maximum atomic E-state index is 13.5. The standard InChI is InChI=1S/C15H14BrFN2/c16-12-6-14(18)15(7-13(12)17)19-8-10-5-9-3-1-2-4-11(9)10/h1-4,6-7,10,19H,5,8,18H2. The highest BCUT2D eigenvalue weighted by atomic mass is 79.9. The van der Waals surface area contributed by atoms with E-state index in [0.717, 1.165) is 13.0 Å². The van der Waals surface area contributed by atoms with Gasteiger partial charge in [-0.2, -0.15) is 0 Å². The van der Waals surface area contributed by atoms with Crippen molar-refractivity contribution in [3.8, 4) is 0 Å². The molecule has 0 fully saturated rings. The fourth-order valence-corrected chi connectivity index (χ4v) is 2.85. The lowest BCUT2D eigenvalue weighted by molar-refractivity contribution is 0.619. The van der Waals surface area contributed by atoms with Crippen molar-refractivity contribution in [1.29, 1.82) is 0 Å². The van der Waals surface area contributed by atoms with Crippen molar-refractivity contribution in [2.24, 2.45) is 0 Å². The lowest BCUT2D eigenvalue weighted by Crippen LogP contribution is -2.24. The van der Waals surface area contributed by atoms with E-state index in [1.54, 1.807) is 6.07 Å². The van der Waals surface area contributed by atoms with Crippen LogP contribution in [0.2, 0.25) is 0 Å². The van der Waals surface area contributed by atoms with Gasteiger partial charge in [-0.25, -0.2) is 4.39 Å². The molecule has 98 valence electrons. The van der Waals surface area contributed by atoms with E-state index in [4.69, 9.17) is 5.73 Å². The third-order valence-electron chi connectivity index (χ3n) is 3.59. The molecule has 0 aromatic heterocycles. The molecule has 0 heterocycles. The Kier molecular flexibility index (Phi) is 3.19. The summed E-state index contributed by atoms with van der Waals surface area (Å²) in [5.41, 5.74) is 9.87. The van der Waals surface area contributed by atoms with Gasteiger partial charge >= 0.3 is 0 Å². The van der Waals surface area contributed by atoms with E-state index >= 15 is 0 Å². The molecule has 2 nitrogen and oxygen atoms in total. The zero-order chi connectivity index (χ0) is 13.4. The highest BCUT2D eigenvalue weighted by Gasteiger charge is 2.25. The quantitative estimate of drug-likeness (QED) is 0.841. The molecular weight excluding hydrogens is 307 g/mol. The van der Waals surface area contributed by atoms with Gasteiger partial charge in [-0.05, 0) is 39.5 Å². The smallest absolute Gasteiger partial charge is 0.139 e. The first-order chi connectivity index (χ1) is 9.15. The Morgan fingerprint density at radius 2 is 2.11 bits per heavy atom. The van der Waals surface area contributed by atoms with E-state index < -0.39 is 0 Å². The molecule has 0 bridgehead atoms. The van der Waals surface area contributed by atoms with E-state index in [1.807, 2.05) is 0 Å². The SMILES string of the molecule is Nc1cc(Br)c(F)cc1NCC1Cc2ccccc21. The predicted octanol–water partition coefficient (Wildman–Crippen LogP) is 3.92. The van der Waals surface area contributed by atoms with Crippen LogP contribution in [0.25, 0.3) is 0 Å². The van der Waals surface area contributed by atoms with Crippen LogP contribution in [-0.4, -0.2) is 6.54 Å². The minimum atomic E-state index is -0.300. The average Bonchev–Trinajstić information content (AvgIpc) is 2.36. The molecule has 1 aliphatic rings. The number of anilines is 2. The van der Waals surface area contributed by atoms with Crippen molar-refractivity contribution in [1.82, 2.24) is 0 Å². The monoisotopic (exact) mass is 320 g/mol. The van der Waals surface area contributed by atoms with Crippen molar-refractivity contribution < 1.29 is 4.39 Å². The van der Waals surface area contributed by atoms with Crippen LogP contribution in [0.1, 0.15) is 17.0 Å². The molecule has 1 aliphatic carbocycles. The second kappa shape index (κ2) is 4.85. The molecule has 0 saturated heterocycles. The normalized spacial score (nSPS) is 16.6. The minimum Gasteiger partial charge on any atom is -0.397 e. The Morgan fingerprint density at radius 1 is 1.32 bits per heavy atom. The van der Waals surface area contributed by atoms with Crippen molar-refractivity contribution in [2.75, 3.05) is 17.6 Å².